The molecule has 9 nitrogen and oxygen atoms in total. The van der Waals surface area contributed by atoms with E-state index >= 15 is 0 Å². The first-order valence-corrected chi connectivity index (χ1v) is 12.5. The van der Waals surface area contributed by atoms with E-state index in [9.17, 15) is 24.6 Å². The first kappa shape index (κ1) is 25.1. The standard InChI is InChI=1S/C29H28N2O7/c1-17(32)30-12-4-2-3-5-13-31-27(35)18-6-9-21-24(14-18)29(38-28(21)36)22-10-7-19(33)15-25(22)37-26-16-20(34)8-11-23(26)29/h6-11,14-16,33-34H,2-5,12-13H2,1H3,(H,30,32)(H,31,35). The molecule has 0 saturated heterocycles. The van der Waals surface area contributed by atoms with Gasteiger partial charge in [0.15, 0.2) is 5.60 Å². The summed E-state index contributed by atoms with van der Waals surface area (Å²) in [6.45, 7) is 2.64. The fourth-order valence-electron chi connectivity index (χ4n) is 5.01. The molecule has 38 heavy (non-hydrogen) atoms. The topological polar surface area (TPSA) is 134 Å². The molecule has 0 unspecified atom stereocenters. The molecule has 2 aliphatic heterocycles. The van der Waals surface area contributed by atoms with Gasteiger partial charge in [-0.3, -0.25) is 9.59 Å². The molecule has 2 heterocycles. The molecule has 196 valence electrons. The van der Waals surface area contributed by atoms with Crippen LogP contribution in [0.4, 0.5) is 0 Å². The van der Waals surface area contributed by atoms with E-state index in [1.165, 1.54) is 31.2 Å². The summed E-state index contributed by atoms with van der Waals surface area (Å²) in [4.78, 5) is 37.0. The number of aromatic hydroxyl groups is 2. The predicted molar refractivity (Wildman–Crippen MR) is 138 cm³/mol. The van der Waals surface area contributed by atoms with Gasteiger partial charge in [0.1, 0.15) is 23.0 Å². The fraction of sp³-hybridized carbons (Fsp3) is 0.276. The maximum absolute atomic E-state index is 13.0. The number of unbranched alkanes of at least 4 members (excludes halogenated alkanes) is 3. The number of rotatable bonds is 8. The Morgan fingerprint density at radius 3 is 2.00 bits per heavy atom. The Bertz CT molecular complexity index is 1380. The van der Waals surface area contributed by atoms with Crippen LogP contribution in [0.5, 0.6) is 23.0 Å². The number of carbonyl (C=O) groups is 3. The molecule has 9 heteroatoms. The summed E-state index contributed by atoms with van der Waals surface area (Å²) in [5.74, 6) is -0.375. The van der Waals surface area contributed by atoms with Crippen molar-refractivity contribution in [2.45, 2.75) is 38.2 Å². The quantitative estimate of drug-likeness (QED) is 0.262. The molecular weight excluding hydrogens is 488 g/mol. The second-order valence-electron chi connectivity index (χ2n) is 9.45. The normalized spacial score (nSPS) is 14.1. The molecular formula is C29H28N2O7. The van der Waals surface area contributed by atoms with Gasteiger partial charge in [-0.1, -0.05) is 12.8 Å². The van der Waals surface area contributed by atoms with Gasteiger partial charge in [0.05, 0.1) is 5.56 Å². The lowest BCUT2D eigenvalue weighted by molar-refractivity contribution is -0.118. The van der Waals surface area contributed by atoms with Gasteiger partial charge in [-0.25, -0.2) is 4.79 Å². The third-order valence-electron chi connectivity index (χ3n) is 6.80. The Hall–Kier alpha value is -4.53. The van der Waals surface area contributed by atoms with Crippen LogP contribution in [-0.4, -0.2) is 41.1 Å². The minimum absolute atomic E-state index is 0.0321. The van der Waals surface area contributed by atoms with Gasteiger partial charge in [-0.15, -0.1) is 0 Å². The Morgan fingerprint density at radius 1 is 0.789 bits per heavy atom. The molecule has 0 bridgehead atoms. The smallest absolute Gasteiger partial charge is 0.340 e. The summed E-state index contributed by atoms with van der Waals surface area (Å²) in [6, 6.07) is 13.9. The number of ether oxygens (including phenoxy) is 2. The van der Waals surface area contributed by atoms with E-state index in [0.29, 0.717) is 40.9 Å². The molecule has 5 rings (SSSR count). The second kappa shape index (κ2) is 10.1. The van der Waals surface area contributed by atoms with Crippen LogP contribution in [0.2, 0.25) is 0 Å². The molecule has 4 N–H and O–H groups in total. The van der Waals surface area contributed by atoms with Crippen molar-refractivity contribution in [3.63, 3.8) is 0 Å². The van der Waals surface area contributed by atoms with E-state index < -0.39 is 11.6 Å². The third kappa shape index (κ3) is 4.51. The lowest BCUT2D eigenvalue weighted by Crippen LogP contribution is -2.33. The molecule has 0 aromatic heterocycles. The van der Waals surface area contributed by atoms with Crippen molar-refractivity contribution in [3.8, 4) is 23.0 Å². The van der Waals surface area contributed by atoms with E-state index in [2.05, 4.69) is 10.6 Å². The molecule has 0 aliphatic carbocycles. The minimum atomic E-state index is -1.42. The van der Waals surface area contributed by atoms with Crippen molar-refractivity contribution in [1.29, 1.82) is 0 Å². The van der Waals surface area contributed by atoms with Crippen molar-refractivity contribution in [2.75, 3.05) is 13.1 Å². The van der Waals surface area contributed by atoms with Gasteiger partial charge >= 0.3 is 5.97 Å². The zero-order valence-electron chi connectivity index (χ0n) is 20.9. The molecule has 0 radical (unpaired) electrons. The van der Waals surface area contributed by atoms with Crippen LogP contribution < -0.4 is 15.4 Å². The number of phenolic OH excluding ortho intramolecular Hbond substituents is 2. The average Bonchev–Trinajstić information content (AvgIpc) is 3.17. The van der Waals surface area contributed by atoms with Crippen LogP contribution in [0.15, 0.2) is 54.6 Å². The SMILES string of the molecule is CC(=O)NCCCCCCNC(=O)c1ccc2c(c1)C1(OC2=O)c2ccc(O)cc2Oc2cc(O)ccc21. The molecule has 0 saturated carbocycles. The highest BCUT2D eigenvalue weighted by Crippen LogP contribution is 2.57. The van der Waals surface area contributed by atoms with Gasteiger partial charge < -0.3 is 30.3 Å². The Balaban J connectivity index is 1.40. The van der Waals surface area contributed by atoms with Crippen LogP contribution in [0.3, 0.4) is 0 Å². The van der Waals surface area contributed by atoms with Crippen molar-refractivity contribution in [2.24, 2.45) is 0 Å². The van der Waals surface area contributed by atoms with Crippen molar-refractivity contribution >= 4 is 17.8 Å². The van der Waals surface area contributed by atoms with Crippen LogP contribution in [-0.2, 0) is 15.1 Å². The van der Waals surface area contributed by atoms with E-state index in [-0.39, 0.29) is 34.8 Å². The number of hydrogen-bond donors (Lipinski definition) is 4. The van der Waals surface area contributed by atoms with E-state index in [1.807, 2.05) is 0 Å². The number of fused-ring (bicyclic) bond motifs is 6. The highest BCUT2D eigenvalue weighted by Gasteiger charge is 2.53. The molecule has 3 aromatic rings. The number of benzene rings is 3. The number of esters is 1. The zero-order valence-corrected chi connectivity index (χ0v) is 20.9. The number of nitrogens with one attached hydrogen (secondary N) is 2. The Kier molecular flexibility index (Phi) is 6.67. The third-order valence-corrected chi connectivity index (χ3v) is 6.80. The Morgan fingerprint density at radius 2 is 1.39 bits per heavy atom. The zero-order chi connectivity index (χ0) is 26.9. The van der Waals surface area contributed by atoms with Crippen molar-refractivity contribution < 1.29 is 34.1 Å². The number of amides is 2. The predicted octanol–water partition coefficient (Wildman–Crippen LogP) is 4.09. The van der Waals surface area contributed by atoms with Crippen molar-refractivity contribution in [3.05, 3.63) is 82.4 Å². The highest BCUT2D eigenvalue weighted by atomic mass is 16.6. The van der Waals surface area contributed by atoms with Crippen LogP contribution in [0.1, 0.15) is 70.0 Å². The summed E-state index contributed by atoms with van der Waals surface area (Å²) in [5, 5.41) is 25.8. The number of hydrogen-bond acceptors (Lipinski definition) is 7. The number of phenols is 2. The molecule has 1 spiro atoms. The monoisotopic (exact) mass is 516 g/mol. The van der Waals surface area contributed by atoms with E-state index in [1.54, 1.807) is 30.3 Å². The lowest BCUT2D eigenvalue weighted by atomic mass is 9.77. The molecule has 0 fully saturated rings. The summed E-state index contributed by atoms with van der Waals surface area (Å²) in [6.07, 6.45) is 3.55. The summed E-state index contributed by atoms with van der Waals surface area (Å²) in [7, 11) is 0. The van der Waals surface area contributed by atoms with Crippen LogP contribution in [0, 0.1) is 0 Å². The summed E-state index contributed by atoms with van der Waals surface area (Å²) >= 11 is 0. The van der Waals surface area contributed by atoms with Gasteiger partial charge in [0, 0.05) is 54.4 Å². The molecule has 2 aliphatic rings. The maximum Gasteiger partial charge on any atom is 0.340 e. The fourth-order valence-corrected chi connectivity index (χ4v) is 5.01. The lowest BCUT2D eigenvalue weighted by Gasteiger charge is -2.36. The maximum atomic E-state index is 13.0. The van der Waals surface area contributed by atoms with Crippen LogP contribution in [0.25, 0.3) is 0 Å². The molecule has 3 aromatic carbocycles. The average molecular weight is 517 g/mol. The Labute approximate surface area is 219 Å². The van der Waals surface area contributed by atoms with E-state index in [0.717, 1.165) is 25.7 Å². The first-order chi connectivity index (χ1) is 18.3. The van der Waals surface area contributed by atoms with Gasteiger partial charge in [0.2, 0.25) is 5.91 Å². The summed E-state index contributed by atoms with van der Waals surface area (Å²) in [5.41, 5.74) is 0.756. The first-order valence-electron chi connectivity index (χ1n) is 12.5. The van der Waals surface area contributed by atoms with Gasteiger partial charge in [-0.2, -0.15) is 0 Å². The van der Waals surface area contributed by atoms with Crippen LogP contribution >= 0.6 is 0 Å². The second-order valence-corrected chi connectivity index (χ2v) is 9.45. The highest BCUT2D eigenvalue weighted by molar-refractivity contribution is 6.00. The van der Waals surface area contributed by atoms with Crippen molar-refractivity contribution in [1.82, 2.24) is 10.6 Å². The largest absolute Gasteiger partial charge is 0.508 e. The summed E-state index contributed by atoms with van der Waals surface area (Å²) < 4.78 is 12.0. The molecule has 0 atom stereocenters. The van der Waals surface area contributed by atoms with E-state index in [4.69, 9.17) is 9.47 Å². The molecule has 2 amide bonds. The van der Waals surface area contributed by atoms with Gasteiger partial charge in [0.25, 0.3) is 5.91 Å². The van der Waals surface area contributed by atoms with Gasteiger partial charge in [-0.05, 0) is 55.3 Å². The number of carbonyl (C=O) groups excluding carboxylic acids is 3. The minimum Gasteiger partial charge on any atom is -0.508 e.